The van der Waals surface area contributed by atoms with Crippen LogP contribution in [-0.4, -0.2) is 78.1 Å². The average molecular weight is 283 g/mol. The number of carbonyl (C=O) groups is 2. The number of carboxylic acids is 1. The molecule has 0 bridgehead atoms. The summed E-state index contributed by atoms with van der Waals surface area (Å²) in [6, 6.07) is 0.162. The maximum Gasteiger partial charge on any atom is 0.320 e. The molecule has 2 amide bonds. The van der Waals surface area contributed by atoms with Gasteiger partial charge < -0.3 is 19.8 Å². The standard InChI is InChI=1S/C14H25N3O3/c1-15-8-10-17(11-9-15)14(20)16-6-4-12(5-7-16)2-3-13(18)19/h12H,2-11H2,1H3,(H,18,19). The van der Waals surface area contributed by atoms with E-state index < -0.39 is 5.97 Å². The Morgan fingerprint density at radius 2 is 1.55 bits per heavy atom. The Labute approximate surface area is 120 Å². The lowest BCUT2D eigenvalue weighted by Crippen LogP contribution is -2.53. The largest absolute Gasteiger partial charge is 0.481 e. The van der Waals surface area contributed by atoms with Crippen molar-refractivity contribution in [3.05, 3.63) is 0 Å². The topological polar surface area (TPSA) is 64.1 Å². The first-order chi connectivity index (χ1) is 9.56. The summed E-state index contributed by atoms with van der Waals surface area (Å²) in [5.74, 6) is -0.261. The van der Waals surface area contributed by atoms with Crippen LogP contribution in [0.5, 0.6) is 0 Å². The third-order valence-corrected chi connectivity index (χ3v) is 4.43. The molecular formula is C14H25N3O3. The number of carboxylic acid groups (broad SMARTS) is 1. The molecule has 0 spiro atoms. The molecule has 1 N–H and O–H groups in total. The highest BCUT2D eigenvalue weighted by atomic mass is 16.4. The van der Waals surface area contributed by atoms with Crippen molar-refractivity contribution in [2.24, 2.45) is 5.92 Å². The molecule has 2 aliphatic rings. The number of piperidine rings is 1. The molecule has 2 heterocycles. The molecule has 2 saturated heterocycles. The number of aliphatic carboxylic acids is 1. The van der Waals surface area contributed by atoms with Gasteiger partial charge >= 0.3 is 12.0 Å². The van der Waals surface area contributed by atoms with Crippen LogP contribution in [0.2, 0.25) is 0 Å². The number of piperazine rings is 1. The number of likely N-dealkylation sites (N-methyl/N-ethyl adjacent to an activating group) is 1. The van der Waals surface area contributed by atoms with Crippen molar-refractivity contribution >= 4 is 12.0 Å². The van der Waals surface area contributed by atoms with Gasteiger partial charge in [0.2, 0.25) is 0 Å². The van der Waals surface area contributed by atoms with Crippen LogP contribution in [0.15, 0.2) is 0 Å². The van der Waals surface area contributed by atoms with Gasteiger partial charge in [0.25, 0.3) is 0 Å². The Kier molecular flexibility index (Phi) is 5.23. The van der Waals surface area contributed by atoms with Crippen LogP contribution in [0.1, 0.15) is 25.7 Å². The molecule has 0 aromatic carbocycles. The Hall–Kier alpha value is -1.30. The van der Waals surface area contributed by atoms with E-state index in [4.69, 9.17) is 5.11 Å². The van der Waals surface area contributed by atoms with Gasteiger partial charge in [0.15, 0.2) is 0 Å². The van der Waals surface area contributed by atoms with Gasteiger partial charge in [-0.1, -0.05) is 0 Å². The Bertz CT molecular complexity index is 346. The monoisotopic (exact) mass is 283 g/mol. The van der Waals surface area contributed by atoms with Crippen LogP contribution in [-0.2, 0) is 4.79 Å². The summed E-state index contributed by atoms with van der Waals surface area (Å²) in [4.78, 5) is 29.1. The van der Waals surface area contributed by atoms with E-state index in [0.717, 1.165) is 58.5 Å². The van der Waals surface area contributed by atoms with Crippen LogP contribution in [0.4, 0.5) is 4.79 Å². The average Bonchev–Trinajstić information content (AvgIpc) is 2.46. The second kappa shape index (κ2) is 6.92. The van der Waals surface area contributed by atoms with Crippen LogP contribution >= 0.6 is 0 Å². The van der Waals surface area contributed by atoms with E-state index in [2.05, 4.69) is 11.9 Å². The molecule has 0 unspecified atom stereocenters. The van der Waals surface area contributed by atoms with E-state index in [1.807, 2.05) is 9.80 Å². The molecular weight excluding hydrogens is 258 g/mol. The Morgan fingerprint density at radius 1 is 1.00 bits per heavy atom. The third-order valence-electron chi connectivity index (χ3n) is 4.43. The second-order valence-electron chi connectivity index (χ2n) is 5.94. The summed E-state index contributed by atoms with van der Waals surface area (Å²) in [5.41, 5.74) is 0. The molecule has 6 nitrogen and oxygen atoms in total. The minimum absolute atomic E-state index is 0.162. The van der Waals surface area contributed by atoms with Crippen molar-refractivity contribution in [1.29, 1.82) is 0 Å². The molecule has 114 valence electrons. The zero-order valence-electron chi connectivity index (χ0n) is 12.3. The van der Waals surface area contributed by atoms with Gasteiger partial charge in [0.05, 0.1) is 0 Å². The van der Waals surface area contributed by atoms with Crippen LogP contribution < -0.4 is 0 Å². The smallest absolute Gasteiger partial charge is 0.320 e. The van der Waals surface area contributed by atoms with Gasteiger partial charge in [0.1, 0.15) is 0 Å². The fourth-order valence-electron chi connectivity index (χ4n) is 2.94. The lowest BCUT2D eigenvalue weighted by molar-refractivity contribution is -0.137. The van der Waals surface area contributed by atoms with Crippen molar-refractivity contribution < 1.29 is 14.7 Å². The van der Waals surface area contributed by atoms with E-state index in [1.165, 1.54) is 0 Å². The number of urea groups is 1. The zero-order valence-corrected chi connectivity index (χ0v) is 12.3. The van der Waals surface area contributed by atoms with Gasteiger partial charge in [-0.15, -0.1) is 0 Å². The van der Waals surface area contributed by atoms with Gasteiger partial charge in [-0.2, -0.15) is 0 Å². The molecule has 2 aliphatic heterocycles. The van der Waals surface area contributed by atoms with Gasteiger partial charge in [-0.05, 0) is 32.2 Å². The van der Waals surface area contributed by atoms with Crippen molar-refractivity contribution in [2.45, 2.75) is 25.7 Å². The number of hydrogen-bond acceptors (Lipinski definition) is 3. The van der Waals surface area contributed by atoms with E-state index in [-0.39, 0.29) is 12.5 Å². The molecule has 20 heavy (non-hydrogen) atoms. The molecule has 6 heteroatoms. The van der Waals surface area contributed by atoms with Crippen molar-refractivity contribution in [1.82, 2.24) is 14.7 Å². The Balaban J connectivity index is 1.73. The van der Waals surface area contributed by atoms with Crippen LogP contribution in [0.25, 0.3) is 0 Å². The zero-order chi connectivity index (χ0) is 14.5. The highest BCUT2D eigenvalue weighted by Crippen LogP contribution is 2.22. The molecule has 0 aromatic heterocycles. The van der Waals surface area contributed by atoms with Crippen LogP contribution in [0.3, 0.4) is 0 Å². The van der Waals surface area contributed by atoms with Crippen molar-refractivity contribution in [2.75, 3.05) is 46.3 Å². The normalized spacial score (nSPS) is 22.1. The van der Waals surface area contributed by atoms with Crippen LogP contribution in [0, 0.1) is 5.92 Å². The highest BCUT2D eigenvalue weighted by molar-refractivity contribution is 5.74. The molecule has 2 rings (SSSR count). The lowest BCUT2D eigenvalue weighted by atomic mass is 9.92. The second-order valence-corrected chi connectivity index (χ2v) is 5.94. The predicted octanol–water partition coefficient (Wildman–Crippen LogP) is 0.931. The fraction of sp³-hybridized carbons (Fsp3) is 0.857. The summed E-state index contributed by atoms with van der Waals surface area (Å²) >= 11 is 0. The summed E-state index contributed by atoms with van der Waals surface area (Å²) < 4.78 is 0. The van der Waals surface area contributed by atoms with E-state index in [0.29, 0.717) is 5.92 Å². The molecule has 0 radical (unpaired) electrons. The molecule has 0 saturated carbocycles. The summed E-state index contributed by atoms with van der Waals surface area (Å²) in [6.45, 7) is 5.06. The number of rotatable bonds is 3. The van der Waals surface area contributed by atoms with E-state index >= 15 is 0 Å². The van der Waals surface area contributed by atoms with Gasteiger partial charge in [0, 0.05) is 45.7 Å². The van der Waals surface area contributed by atoms with E-state index in [1.54, 1.807) is 0 Å². The number of carbonyl (C=O) groups excluding carboxylic acids is 1. The number of amides is 2. The molecule has 0 aliphatic carbocycles. The maximum atomic E-state index is 12.4. The third kappa shape index (κ3) is 4.10. The van der Waals surface area contributed by atoms with Crippen molar-refractivity contribution in [3.8, 4) is 0 Å². The summed E-state index contributed by atoms with van der Waals surface area (Å²) in [7, 11) is 2.08. The molecule has 2 fully saturated rings. The maximum absolute atomic E-state index is 12.4. The molecule has 0 atom stereocenters. The minimum Gasteiger partial charge on any atom is -0.481 e. The predicted molar refractivity (Wildman–Crippen MR) is 75.6 cm³/mol. The summed E-state index contributed by atoms with van der Waals surface area (Å²) in [6.07, 6.45) is 2.86. The van der Waals surface area contributed by atoms with E-state index in [9.17, 15) is 9.59 Å². The number of likely N-dealkylation sites (tertiary alicyclic amines) is 1. The minimum atomic E-state index is -0.721. The van der Waals surface area contributed by atoms with Gasteiger partial charge in [-0.25, -0.2) is 4.79 Å². The van der Waals surface area contributed by atoms with Gasteiger partial charge in [-0.3, -0.25) is 4.79 Å². The first-order valence-electron chi connectivity index (χ1n) is 7.50. The number of hydrogen-bond donors (Lipinski definition) is 1. The lowest BCUT2D eigenvalue weighted by Gasteiger charge is -2.38. The first-order valence-corrected chi connectivity index (χ1v) is 7.50. The quantitative estimate of drug-likeness (QED) is 0.837. The highest BCUT2D eigenvalue weighted by Gasteiger charge is 2.27. The summed E-state index contributed by atoms with van der Waals surface area (Å²) in [5, 5.41) is 8.70. The van der Waals surface area contributed by atoms with Crippen molar-refractivity contribution in [3.63, 3.8) is 0 Å². The SMILES string of the molecule is CN1CCN(C(=O)N2CCC(CCC(=O)O)CC2)CC1. The fourth-order valence-corrected chi connectivity index (χ4v) is 2.94. The Morgan fingerprint density at radius 3 is 2.10 bits per heavy atom. The first kappa shape index (κ1) is 15.1. The molecule has 0 aromatic rings. The number of nitrogens with zero attached hydrogens (tertiary/aromatic N) is 3.